The summed E-state index contributed by atoms with van der Waals surface area (Å²) in [7, 11) is 0. The summed E-state index contributed by atoms with van der Waals surface area (Å²) in [5, 5.41) is 0. The molecule has 122 valence electrons. The smallest absolute Gasteiger partial charge is 0.418 e. The molecule has 3 heteroatoms. The number of allylic oxidation sites excluding steroid dienone is 5. The summed E-state index contributed by atoms with van der Waals surface area (Å²) >= 11 is 0. The maximum Gasteiger partial charge on any atom is 0.418 e. The minimum atomic E-state index is -0.270. The van der Waals surface area contributed by atoms with Crippen molar-refractivity contribution in [3.05, 3.63) is 35.7 Å². The van der Waals surface area contributed by atoms with Crippen LogP contribution in [0.25, 0.3) is 0 Å². The molecular formula is C19H29NO2. The fraction of sp³-hybridized carbons (Fsp3) is 0.632. The minimum Gasteiger partial charge on any atom is -0.449 e. The lowest BCUT2D eigenvalue weighted by molar-refractivity contribution is 0.115. The summed E-state index contributed by atoms with van der Waals surface area (Å²) in [5.41, 5.74) is 2.08. The number of hydrogen-bond donors (Lipinski definition) is 0. The van der Waals surface area contributed by atoms with E-state index < -0.39 is 0 Å². The minimum absolute atomic E-state index is 0.0456. The number of rotatable bonds is 2. The monoisotopic (exact) mass is 303 g/mol. The number of carbonyl (C=O) groups excluding carboxylic acids is 1. The zero-order chi connectivity index (χ0) is 16.5. The normalized spacial score (nSPS) is 19.5. The van der Waals surface area contributed by atoms with Gasteiger partial charge in [-0.25, -0.2) is 4.79 Å². The van der Waals surface area contributed by atoms with Crippen LogP contribution >= 0.6 is 0 Å². The second kappa shape index (κ2) is 5.94. The Morgan fingerprint density at radius 3 is 2.27 bits per heavy atom. The van der Waals surface area contributed by atoms with Crippen LogP contribution in [0.1, 0.15) is 54.4 Å². The Hall–Kier alpha value is -1.51. The van der Waals surface area contributed by atoms with Gasteiger partial charge in [-0.1, -0.05) is 47.6 Å². The molecule has 1 fully saturated rings. The molecule has 3 nitrogen and oxygen atoms in total. The number of hydrogen-bond acceptors (Lipinski definition) is 2. The molecule has 0 aromatic carbocycles. The van der Waals surface area contributed by atoms with Crippen molar-refractivity contribution in [1.29, 1.82) is 0 Å². The summed E-state index contributed by atoms with van der Waals surface area (Å²) in [6.07, 6.45) is 10.1. The van der Waals surface area contributed by atoms with Crippen LogP contribution in [0.5, 0.6) is 0 Å². The molecular weight excluding hydrogens is 274 g/mol. The first-order valence-corrected chi connectivity index (χ1v) is 8.16. The predicted molar refractivity (Wildman–Crippen MR) is 90.1 cm³/mol. The van der Waals surface area contributed by atoms with Gasteiger partial charge in [-0.05, 0) is 41.9 Å². The molecule has 0 saturated heterocycles. The van der Waals surface area contributed by atoms with Crippen molar-refractivity contribution in [2.45, 2.75) is 54.4 Å². The molecule has 22 heavy (non-hydrogen) atoms. The van der Waals surface area contributed by atoms with Crippen molar-refractivity contribution in [3.8, 4) is 0 Å². The van der Waals surface area contributed by atoms with Gasteiger partial charge in [-0.2, -0.15) is 0 Å². The number of nitrogens with zero attached hydrogens (tertiary/aromatic N) is 1. The Morgan fingerprint density at radius 1 is 1.14 bits per heavy atom. The van der Waals surface area contributed by atoms with Crippen molar-refractivity contribution in [2.75, 3.05) is 6.61 Å². The summed E-state index contributed by atoms with van der Waals surface area (Å²) in [6, 6.07) is 0. The highest BCUT2D eigenvalue weighted by Crippen LogP contribution is 2.35. The highest BCUT2D eigenvalue weighted by Gasteiger charge is 2.30. The Bertz CT molecular complexity index is 523. The SMILES string of the molecule is CC(C)(C)C1=CC=C(C(C)(C)C)N(C(=O)OCC2CC2)C=C1. The molecule has 1 amide bonds. The second-order valence-corrected chi connectivity index (χ2v) is 8.38. The summed E-state index contributed by atoms with van der Waals surface area (Å²) < 4.78 is 5.48. The number of amides is 1. The van der Waals surface area contributed by atoms with E-state index in [0.717, 1.165) is 5.70 Å². The molecule has 0 bridgehead atoms. The van der Waals surface area contributed by atoms with Crippen LogP contribution in [0.15, 0.2) is 35.7 Å². The van der Waals surface area contributed by atoms with E-state index >= 15 is 0 Å². The molecule has 2 rings (SSSR count). The average molecular weight is 303 g/mol. The van der Waals surface area contributed by atoms with Gasteiger partial charge in [0.15, 0.2) is 0 Å². The summed E-state index contributed by atoms with van der Waals surface area (Å²) in [6.45, 7) is 13.4. The maximum absolute atomic E-state index is 12.5. The molecule has 0 aromatic heterocycles. The quantitative estimate of drug-likeness (QED) is 0.696. The number of ether oxygens (including phenoxy) is 1. The Morgan fingerprint density at radius 2 is 1.77 bits per heavy atom. The molecule has 1 heterocycles. The molecule has 0 spiro atoms. The molecule has 0 radical (unpaired) electrons. The lowest BCUT2D eigenvalue weighted by Gasteiger charge is -2.30. The molecule has 1 saturated carbocycles. The summed E-state index contributed by atoms with van der Waals surface area (Å²) in [4.78, 5) is 14.1. The van der Waals surface area contributed by atoms with Gasteiger partial charge in [0.05, 0.1) is 6.61 Å². The van der Waals surface area contributed by atoms with Crippen LogP contribution in [0.3, 0.4) is 0 Å². The van der Waals surface area contributed by atoms with Crippen LogP contribution in [-0.2, 0) is 4.74 Å². The fourth-order valence-corrected chi connectivity index (χ4v) is 2.35. The largest absolute Gasteiger partial charge is 0.449 e. The lowest BCUT2D eigenvalue weighted by Crippen LogP contribution is -2.32. The third kappa shape index (κ3) is 4.25. The van der Waals surface area contributed by atoms with E-state index in [2.05, 4.69) is 53.7 Å². The standard InChI is InChI=1S/C19H29NO2/c1-18(2,3)15-9-10-16(19(4,5)6)20(12-11-15)17(21)22-13-14-7-8-14/h9-12,14H,7-8,13H2,1-6H3. The van der Waals surface area contributed by atoms with E-state index in [9.17, 15) is 4.79 Å². The molecule has 1 aliphatic heterocycles. The average Bonchev–Trinajstić information content (AvgIpc) is 3.19. The Balaban J connectivity index is 2.24. The Labute approximate surface area is 134 Å². The van der Waals surface area contributed by atoms with Crippen molar-refractivity contribution < 1.29 is 9.53 Å². The zero-order valence-corrected chi connectivity index (χ0v) is 14.8. The predicted octanol–water partition coefficient (Wildman–Crippen LogP) is 5.26. The van der Waals surface area contributed by atoms with Crippen LogP contribution in [0, 0.1) is 16.7 Å². The fourth-order valence-electron chi connectivity index (χ4n) is 2.35. The van der Waals surface area contributed by atoms with Crippen LogP contribution < -0.4 is 0 Å². The van der Waals surface area contributed by atoms with Crippen molar-refractivity contribution in [1.82, 2.24) is 4.90 Å². The molecule has 1 aliphatic carbocycles. The van der Waals surface area contributed by atoms with Crippen molar-refractivity contribution in [3.63, 3.8) is 0 Å². The molecule has 0 atom stereocenters. The van der Waals surface area contributed by atoms with Crippen molar-refractivity contribution >= 4 is 6.09 Å². The van der Waals surface area contributed by atoms with Gasteiger partial charge in [-0.3, -0.25) is 4.90 Å². The van der Waals surface area contributed by atoms with E-state index in [-0.39, 0.29) is 16.9 Å². The van der Waals surface area contributed by atoms with Gasteiger partial charge < -0.3 is 4.74 Å². The van der Waals surface area contributed by atoms with Gasteiger partial charge in [0.2, 0.25) is 0 Å². The van der Waals surface area contributed by atoms with Crippen molar-refractivity contribution in [2.24, 2.45) is 16.7 Å². The van der Waals surface area contributed by atoms with Gasteiger partial charge >= 0.3 is 6.09 Å². The zero-order valence-electron chi connectivity index (χ0n) is 14.8. The van der Waals surface area contributed by atoms with Gasteiger partial charge in [-0.15, -0.1) is 0 Å². The van der Waals surface area contributed by atoms with E-state index in [1.807, 2.05) is 12.3 Å². The van der Waals surface area contributed by atoms with Crippen LogP contribution in [0.4, 0.5) is 4.79 Å². The first kappa shape index (κ1) is 16.9. The topological polar surface area (TPSA) is 29.5 Å². The van der Waals surface area contributed by atoms with Gasteiger partial charge in [0, 0.05) is 17.3 Å². The van der Waals surface area contributed by atoms with E-state index in [4.69, 9.17) is 4.74 Å². The van der Waals surface area contributed by atoms with Gasteiger partial charge in [0.25, 0.3) is 0 Å². The molecule has 0 unspecified atom stereocenters. The van der Waals surface area contributed by atoms with E-state index in [0.29, 0.717) is 12.5 Å². The third-order valence-electron chi connectivity index (χ3n) is 4.05. The Kier molecular flexibility index (Phi) is 4.55. The van der Waals surface area contributed by atoms with E-state index in [1.165, 1.54) is 18.4 Å². The van der Waals surface area contributed by atoms with Crippen LogP contribution in [-0.4, -0.2) is 17.6 Å². The molecule has 0 N–H and O–H groups in total. The summed E-state index contributed by atoms with van der Waals surface area (Å²) in [5.74, 6) is 0.574. The maximum atomic E-state index is 12.5. The molecule has 0 aromatic rings. The van der Waals surface area contributed by atoms with Crippen LogP contribution in [0.2, 0.25) is 0 Å². The molecule has 2 aliphatic rings. The first-order valence-electron chi connectivity index (χ1n) is 8.16. The van der Waals surface area contributed by atoms with Gasteiger partial charge in [0.1, 0.15) is 0 Å². The first-order chi connectivity index (χ1) is 10.1. The second-order valence-electron chi connectivity index (χ2n) is 8.38. The van der Waals surface area contributed by atoms with E-state index in [1.54, 1.807) is 4.90 Å². The lowest BCUT2D eigenvalue weighted by atomic mass is 9.86. The highest BCUT2D eigenvalue weighted by atomic mass is 16.6. The highest BCUT2D eigenvalue weighted by molar-refractivity contribution is 5.72. The third-order valence-corrected chi connectivity index (χ3v) is 4.05. The number of carbonyl (C=O) groups is 1.